The molecule has 2 aromatic rings. The van der Waals surface area contributed by atoms with E-state index in [2.05, 4.69) is 9.97 Å². The zero-order chi connectivity index (χ0) is 13.1. The van der Waals surface area contributed by atoms with Gasteiger partial charge in [0.05, 0.1) is 18.5 Å². The van der Waals surface area contributed by atoms with Gasteiger partial charge in [-0.3, -0.25) is 9.55 Å². The molecule has 18 heavy (non-hydrogen) atoms. The van der Waals surface area contributed by atoms with E-state index in [1.165, 1.54) is 6.33 Å². The summed E-state index contributed by atoms with van der Waals surface area (Å²) in [4.78, 5) is 19.6. The second-order valence-corrected chi connectivity index (χ2v) is 3.73. The van der Waals surface area contributed by atoms with Crippen LogP contribution < -0.4 is 5.73 Å². The smallest absolute Gasteiger partial charge is 0.360 e. The van der Waals surface area contributed by atoms with Gasteiger partial charge in [0.1, 0.15) is 12.1 Å². The van der Waals surface area contributed by atoms with E-state index >= 15 is 0 Å². The zero-order valence-corrected chi connectivity index (χ0v) is 10.3. The van der Waals surface area contributed by atoms with Crippen molar-refractivity contribution in [2.45, 2.75) is 13.8 Å². The summed E-state index contributed by atoms with van der Waals surface area (Å²) >= 11 is 0. The Morgan fingerprint density at radius 1 is 1.56 bits per heavy atom. The molecular weight excluding hydrogens is 232 g/mol. The predicted octanol–water partition coefficient (Wildman–Crippen LogP) is 1.33. The first-order valence-corrected chi connectivity index (χ1v) is 5.56. The number of pyridine rings is 1. The highest BCUT2D eigenvalue weighted by Crippen LogP contribution is 2.19. The Morgan fingerprint density at radius 2 is 2.33 bits per heavy atom. The van der Waals surface area contributed by atoms with Crippen LogP contribution in [0.4, 0.5) is 5.82 Å². The molecular formula is C12H14N4O2. The number of hydrogen-bond acceptors (Lipinski definition) is 5. The average Bonchev–Trinajstić information content (AvgIpc) is 2.72. The zero-order valence-electron chi connectivity index (χ0n) is 10.3. The van der Waals surface area contributed by atoms with Crippen LogP contribution in [0, 0.1) is 6.92 Å². The van der Waals surface area contributed by atoms with Gasteiger partial charge < -0.3 is 10.5 Å². The van der Waals surface area contributed by atoms with Crippen LogP contribution in [0.15, 0.2) is 24.8 Å². The molecule has 6 nitrogen and oxygen atoms in total. The number of esters is 1. The van der Waals surface area contributed by atoms with Crippen molar-refractivity contribution >= 4 is 11.8 Å². The molecule has 2 N–H and O–H groups in total. The Labute approximate surface area is 104 Å². The molecule has 0 unspecified atom stereocenters. The number of nitrogen functional groups attached to an aromatic ring is 1. The lowest BCUT2D eigenvalue weighted by Gasteiger charge is -2.07. The van der Waals surface area contributed by atoms with Crippen molar-refractivity contribution in [1.29, 1.82) is 0 Å². The molecule has 0 aliphatic carbocycles. The van der Waals surface area contributed by atoms with Crippen LogP contribution in [0.3, 0.4) is 0 Å². The van der Waals surface area contributed by atoms with Gasteiger partial charge in [0, 0.05) is 6.20 Å². The number of ether oxygens (including phenoxy) is 1. The van der Waals surface area contributed by atoms with Gasteiger partial charge in [-0.1, -0.05) is 0 Å². The molecule has 0 bridgehead atoms. The largest absolute Gasteiger partial charge is 0.461 e. The SMILES string of the molecule is CCOC(=O)c1ncn(-c2cnccc2C)c1N. The molecule has 0 radical (unpaired) electrons. The van der Waals surface area contributed by atoms with Crippen LogP contribution in [0.1, 0.15) is 23.0 Å². The van der Waals surface area contributed by atoms with Crippen LogP contribution in [0.5, 0.6) is 0 Å². The van der Waals surface area contributed by atoms with Crippen molar-refractivity contribution in [1.82, 2.24) is 14.5 Å². The Balaban J connectivity index is 2.43. The Morgan fingerprint density at radius 3 is 3.00 bits per heavy atom. The van der Waals surface area contributed by atoms with Crippen molar-refractivity contribution in [3.05, 3.63) is 36.0 Å². The van der Waals surface area contributed by atoms with E-state index in [0.717, 1.165) is 11.3 Å². The summed E-state index contributed by atoms with van der Waals surface area (Å²) in [5.41, 5.74) is 7.81. The number of rotatable bonds is 3. The number of carbonyl (C=O) groups is 1. The summed E-state index contributed by atoms with van der Waals surface area (Å²) < 4.78 is 6.50. The van der Waals surface area contributed by atoms with Gasteiger partial charge >= 0.3 is 5.97 Å². The van der Waals surface area contributed by atoms with Gasteiger partial charge in [-0.2, -0.15) is 0 Å². The van der Waals surface area contributed by atoms with E-state index in [0.29, 0.717) is 0 Å². The van der Waals surface area contributed by atoms with E-state index in [4.69, 9.17) is 10.5 Å². The molecule has 94 valence electrons. The molecule has 0 saturated heterocycles. The first-order valence-electron chi connectivity index (χ1n) is 5.56. The van der Waals surface area contributed by atoms with Crippen molar-refractivity contribution in [2.24, 2.45) is 0 Å². The van der Waals surface area contributed by atoms with Gasteiger partial charge in [-0.25, -0.2) is 9.78 Å². The van der Waals surface area contributed by atoms with Crippen LogP contribution in [0.2, 0.25) is 0 Å². The minimum atomic E-state index is -0.518. The number of aromatic nitrogens is 3. The van der Waals surface area contributed by atoms with Crippen LogP contribution in [-0.2, 0) is 4.74 Å². The van der Waals surface area contributed by atoms with E-state index in [1.807, 2.05) is 13.0 Å². The highest BCUT2D eigenvalue weighted by atomic mass is 16.5. The molecule has 2 heterocycles. The third-order valence-electron chi connectivity index (χ3n) is 2.54. The first kappa shape index (κ1) is 12.1. The van der Waals surface area contributed by atoms with Crippen molar-refractivity contribution in [3.8, 4) is 5.69 Å². The number of nitrogens with two attached hydrogens (primary N) is 1. The van der Waals surface area contributed by atoms with Gasteiger partial charge in [-0.05, 0) is 25.5 Å². The van der Waals surface area contributed by atoms with E-state index in [9.17, 15) is 4.79 Å². The summed E-state index contributed by atoms with van der Waals surface area (Å²) in [6.45, 7) is 3.95. The van der Waals surface area contributed by atoms with Crippen molar-refractivity contribution in [2.75, 3.05) is 12.3 Å². The third kappa shape index (κ3) is 2.04. The normalized spacial score (nSPS) is 10.3. The molecule has 0 saturated carbocycles. The van der Waals surface area contributed by atoms with Gasteiger partial charge in [0.15, 0.2) is 5.69 Å². The Kier molecular flexibility index (Phi) is 3.27. The summed E-state index contributed by atoms with van der Waals surface area (Å²) in [5.74, 6) is -0.264. The molecule has 0 aromatic carbocycles. The quantitative estimate of drug-likeness (QED) is 0.826. The number of aryl methyl sites for hydroxylation is 1. The molecule has 2 aromatic heterocycles. The monoisotopic (exact) mass is 246 g/mol. The molecule has 0 spiro atoms. The maximum Gasteiger partial charge on any atom is 0.360 e. The second kappa shape index (κ2) is 4.87. The summed E-state index contributed by atoms with van der Waals surface area (Å²) in [5, 5.41) is 0. The lowest BCUT2D eigenvalue weighted by Crippen LogP contribution is -2.09. The molecule has 6 heteroatoms. The maximum absolute atomic E-state index is 11.6. The second-order valence-electron chi connectivity index (χ2n) is 3.73. The van der Waals surface area contributed by atoms with E-state index in [-0.39, 0.29) is 18.1 Å². The number of nitrogens with zero attached hydrogens (tertiary/aromatic N) is 3. The fraction of sp³-hybridized carbons (Fsp3) is 0.250. The minimum absolute atomic E-state index is 0.125. The summed E-state index contributed by atoms with van der Waals surface area (Å²) in [6, 6.07) is 1.86. The summed E-state index contributed by atoms with van der Waals surface area (Å²) in [6.07, 6.45) is 4.85. The number of anilines is 1. The Bertz CT molecular complexity index is 577. The van der Waals surface area contributed by atoms with Crippen LogP contribution >= 0.6 is 0 Å². The molecule has 0 atom stereocenters. The number of hydrogen-bond donors (Lipinski definition) is 1. The van der Waals surface area contributed by atoms with Crippen molar-refractivity contribution in [3.63, 3.8) is 0 Å². The number of imidazole rings is 1. The Hall–Kier alpha value is -2.37. The highest BCUT2D eigenvalue weighted by molar-refractivity contribution is 5.92. The standard InChI is InChI=1S/C12H14N4O2/c1-3-18-12(17)10-11(13)16(7-15-10)9-6-14-5-4-8(9)2/h4-7H,3,13H2,1-2H3. The molecule has 2 rings (SSSR count). The highest BCUT2D eigenvalue weighted by Gasteiger charge is 2.18. The molecule has 0 amide bonds. The van der Waals surface area contributed by atoms with Crippen LogP contribution in [0.25, 0.3) is 5.69 Å². The topological polar surface area (TPSA) is 83.0 Å². The number of carbonyl (C=O) groups excluding carboxylic acids is 1. The fourth-order valence-electron chi connectivity index (χ4n) is 1.61. The predicted molar refractivity (Wildman–Crippen MR) is 66.5 cm³/mol. The molecule has 0 fully saturated rings. The van der Waals surface area contributed by atoms with Gasteiger partial charge in [0.25, 0.3) is 0 Å². The fourth-order valence-corrected chi connectivity index (χ4v) is 1.61. The van der Waals surface area contributed by atoms with E-state index < -0.39 is 5.97 Å². The lowest BCUT2D eigenvalue weighted by molar-refractivity contribution is 0.0521. The maximum atomic E-state index is 11.6. The lowest BCUT2D eigenvalue weighted by atomic mass is 10.2. The van der Waals surface area contributed by atoms with Crippen LogP contribution in [-0.4, -0.2) is 27.1 Å². The molecule has 0 aliphatic heterocycles. The molecule has 0 aliphatic rings. The summed E-state index contributed by atoms with van der Waals surface area (Å²) in [7, 11) is 0. The average molecular weight is 246 g/mol. The van der Waals surface area contributed by atoms with Crippen molar-refractivity contribution < 1.29 is 9.53 Å². The van der Waals surface area contributed by atoms with Gasteiger partial charge in [0.2, 0.25) is 0 Å². The van der Waals surface area contributed by atoms with E-state index in [1.54, 1.807) is 23.9 Å². The minimum Gasteiger partial charge on any atom is -0.461 e. The first-order chi connectivity index (χ1) is 8.65. The van der Waals surface area contributed by atoms with Gasteiger partial charge in [-0.15, -0.1) is 0 Å². The third-order valence-corrected chi connectivity index (χ3v) is 2.54.